The van der Waals surface area contributed by atoms with Gasteiger partial charge in [-0.15, -0.1) is 0 Å². The molecule has 1 aliphatic carbocycles. The van der Waals surface area contributed by atoms with Crippen LogP contribution in [0, 0.1) is 5.92 Å². The average Bonchev–Trinajstić information content (AvgIpc) is 3.49. The molecule has 2 N–H and O–H groups in total. The molecule has 2 aliphatic rings. The fourth-order valence-corrected chi connectivity index (χ4v) is 6.42. The number of nitrogens with zero attached hydrogens (tertiary/aromatic N) is 1. The highest BCUT2D eigenvalue weighted by atomic mass is 16.2. The zero-order valence-corrected chi connectivity index (χ0v) is 29.5. The Morgan fingerprint density at radius 2 is 1.62 bits per heavy atom. The maximum Gasteiger partial charge on any atom is 0.243 e. The number of benzene rings is 2. The van der Waals surface area contributed by atoms with E-state index in [1.165, 1.54) is 0 Å². The Hall–Kier alpha value is -5.04. The first-order valence-electron chi connectivity index (χ1n) is 17.8. The summed E-state index contributed by atoms with van der Waals surface area (Å²) in [6.07, 6.45) is 19.3. The number of ketones is 1. The molecule has 50 heavy (non-hydrogen) atoms. The third-order valence-electron chi connectivity index (χ3n) is 9.33. The molecule has 0 radical (unpaired) electrons. The third-order valence-corrected chi connectivity index (χ3v) is 9.33. The minimum atomic E-state index is -0.650. The quantitative estimate of drug-likeness (QED) is 0.103. The molecule has 2 unspecified atom stereocenters. The lowest BCUT2D eigenvalue weighted by Gasteiger charge is -2.30. The summed E-state index contributed by atoms with van der Waals surface area (Å²) < 4.78 is 0. The van der Waals surface area contributed by atoms with Crippen LogP contribution in [0.4, 0.5) is 0 Å². The number of hydrogen-bond acceptors (Lipinski definition) is 4. The van der Waals surface area contributed by atoms with Gasteiger partial charge in [-0.2, -0.15) is 0 Å². The van der Waals surface area contributed by atoms with Crippen molar-refractivity contribution >= 4 is 23.5 Å². The van der Waals surface area contributed by atoms with Gasteiger partial charge in [0.2, 0.25) is 17.7 Å². The first-order valence-corrected chi connectivity index (χ1v) is 17.8. The molecule has 0 spiro atoms. The zero-order valence-electron chi connectivity index (χ0n) is 29.5. The molecule has 3 amide bonds. The molecule has 1 heterocycles. The van der Waals surface area contributed by atoms with Gasteiger partial charge in [0.25, 0.3) is 0 Å². The van der Waals surface area contributed by atoms with Crippen LogP contribution in [-0.2, 0) is 14.4 Å². The molecule has 1 aliphatic heterocycles. The van der Waals surface area contributed by atoms with Crippen LogP contribution < -0.4 is 10.6 Å². The fourth-order valence-electron chi connectivity index (χ4n) is 6.42. The van der Waals surface area contributed by atoms with Gasteiger partial charge in [0.1, 0.15) is 6.04 Å². The third kappa shape index (κ3) is 11.3. The lowest BCUT2D eigenvalue weighted by Crippen LogP contribution is -2.49. The zero-order chi connectivity index (χ0) is 35.7. The second-order valence-corrected chi connectivity index (χ2v) is 13.0. The van der Waals surface area contributed by atoms with Gasteiger partial charge in [0, 0.05) is 49.9 Å². The normalized spacial score (nSPS) is 17.1. The van der Waals surface area contributed by atoms with Gasteiger partial charge >= 0.3 is 0 Å². The summed E-state index contributed by atoms with van der Waals surface area (Å²) >= 11 is 0. The van der Waals surface area contributed by atoms with E-state index in [2.05, 4.69) is 29.3 Å². The minimum Gasteiger partial charge on any atom is -0.355 e. The summed E-state index contributed by atoms with van der Waals surface area (Å²) in [5.41, 5.74) is 4.91. The van der Waals surface area contributed by atoms with Gasteiger partial charge < -0.3 is 15.5 Å². The number of hydrogen-bond donors (Lipinski definition) is 2. The summed E-state index contributed by atoms with van der Waals surface area (Å²) in [6.45, 7) is 9.18. The van der Waals surface area contributed by atoms with E-state index in [4.69, 9.17) is 0 Å². The number of carbonyl (C=O) groups excluding carboxylic acids is 4. The highest BCUT2D eigenvalue weighted by Gasteiger charge is 2.34. The number of amides is 3. The first-order chi connectivity index (χ1) is 24.3. The van der Waals surface area contributed by atoms with E-state index in [-0.39, 0.29) is 48.2 Å². The number of Topliss-reactive ketones (excluding diaryl/α,β-unsaturated/α-hetero) is 1. The van der Waals surface area contributed by atoms with E-state index < -0.39 is 6.04 Å². The molecular formula is C43H51N3O4. The maximum absolute atomic E-state index is 13.6. The molecule has 4 rings (SSSR count). The van der Waals surface area contributed by atoms with Gasteiger partial charge in [-0.05, 0) is 49.3 Å². The molecule has 0 saturated carbocycles. The maximum atomic E-state index is 13.6. The highest BCUT2D eigenvalue weighted by Crippen LogP contribution is 2.29. The molecule has 262 valence electrons. The van der Waals surface area contributed by atoms with Crippen molar-refractivity contribution < 1.29 is 19.2 Å². The number of allylic oxidation sites excluding steroid dienone is 8. The summed E-state index contributed by atoms with van der Waals surface area (Å²) in [7, 11) is 0. The van der Waals surface area contributed by atoms with Crippen molar-refractivity contribution in [1.82, 2.24) is 15.5 Å². The van der Waals surface area contributed by atoms with Crippen LogP contribution >= 0.6 is 0 Å². The van der Waals surface area contributed by atoms with E-state index in [1.807, 2.05) is 98.9 Å². The molecule has 7 nitrogen and oxygen atoms in total. The van der Waals surface area contributed by atoms with Crippen molar-refractivity contribution in [1.29, 1.82) is 0 Å². The Bertz CT molecular complexity index is 1630. The van der Waals surface area contributed by atoms with Gasteiger partial charge in [-0.25, -0.2) is 0 Å². The molecule has 1 saturated heterocycles. The molecule has 1 fully saturated rings. The Morgan fingerprint density at radius 3 is 2.32 bits per heavy atom. The Morgan fingerprint density at radius 1 is 0.920 bits per heavy atom. The molecule has 2 aromatic rings. The van der Waals surface area contributed by atoms with E-state index in [1.54, 1.807) is 17.0 Å². The van der Waals surface area contributed by atoms with Crippen LogP contribution in [0.2, 0.25) is 0 Å². The monoisotopic (exact) mass is 673 g/mol. The van der Waals surface area contributed by atoms with Gasteiger partial charge in [0.05, 0.1) is 0 Å². The summed E-state index contributed by atoms with van der Waals surface area (Å²) in [6, 6.07) is 18.4. The van der Waals surface area contributed by atoms with Crippen LogP contribution in [-0.4, -0.2) is 54.1 Å². The molecule has 2 aromatic carbocycles. The molecule has 2 bridgehead atoms. The van der Waals surface area contributed by atoms with Crippen molar-refractivity contribution in [3.8, 4) is 0 Å². The van der Waals surface area contributed by atoms with Gasteiger partial charge in [-0.3, -0.25) is 19.2 Å². The van der Waals surface area contributed by atoms with Crippen molar-refractivity contribution in [2.24, 2.45) is 5.92 Å². The number of fused-ring (bicyclic) bond motifs is 2. The van der Waals surface area contributed by atoms with E-state index in [0.29, 0.717) is 44.5 Å². The van der Waals surface area contributed by atoms with Crippen LogP contribution in [0.15, 0.2) is 133 Å². The Balaban J connectivity index is 1.28. The summed E-state index contributed by atoms with van der Waals surface area (Å²) in [4.78, 5) is 54.6. The topological polar surface area (TPSA) is 95.6 Å². The summed E-state index contributed by atoms with van der Waals surface area (Å²) in [5.74, 6) is -0.663. The van der Waals surface area contributed by atoms with E-state index in [9.17, 15) is 19.2 Å². The number of unbranched alkanes of at least 4 members (excludes halogenated alkanes) is 1. The van der Waals surface area contributed by atoms with Gasteiger partial charge in [-0.1, -0.05) is 135 Å². The molecule has 7 heteroatoms. The highest BCUT2D eigenvalue weighted by molar-refractivity contribution is 5.98. The standard InChI is InChI=1S/C43H51N3O4/c1-4-6-20-35(5-2)38(36-21-9-7-10-22-36)30-45-42(49)32(3)17-15-16-27-44-43(50)39-29-33-18-13-14-19-34(28-33)31-46(39)41(48)26-25-40(47)37-23-11-8-12-24-37/h4-14,18-24,32,38-39H,2,15-17,25-31H2,1,3H3,(H,44,50)(H,45,49)/b6-4-,35-20+/t32?,38?,39-/m0/s1. The Kier molecular flexibility index (Phi) is 15.0. The van der Waals surface area contributed by atoms with Crippen LogP contribution in [0.25, 0.3) is 0 Å². The lowest BCUT2D eigenvalue weighted by molar-refractivity contribution is -0.139. The number of carbonyl (C=O) groups is 4. The Labute approximate surface area is 297 Å². The van der Waals surface area contributed by atoms with Crippen molar-refractivity contribution in [3.63, 3.8) is 0 Å². The summed E-state index contributed by atoms with van der Waals surface area (Å²) in [5, 5.41) is 6.21. The predicted octanol–water partition coefficient (Wildman–Crippen LogP) is 7.57. The van der Waals surface area contributed by atoms with Crippen molar-refractivity contribution in [2.45, 2.75) is 70.8 Å². The van der Waals surface area contributed by atoms with Crippen LogP contribution in [0.1, 0.15) is 80.6 Å². The van der Waals surface area contributed by atoms with E-state index >= 15 is 0 Å². The van der Waals surface area contributed by atoms with Crippen LogP contribution in [0.5, 0.6) is 0 Å². The fraction of sp³-hybridized carbons (Fsp3) is 0.349. The largest absolute Gasteiger partial charge is 0.355 e. The van der Waals surface area contributed by atoms with E-state index in [0.717, 1.165) is 35.1 Å². The second-order valence-electron chi connectivity index (χ2n) is 13.0. The smallest absolute Gasteiger partial charge is 0.243 e. The average molecular weight is 674 g/mol. The number of likely N-dealkylation sites (tertiary alicyclic amines) is 1. The van der Waals surface area contributed by atoms with Crippen molar-refractivity contribution in [2.75, 3.05) is 19.6 Å². The molecule has 3 atom stereocenters. The lowest BCUT2D eigenvalue weighted by atomic mass is 9.90. The first kappa shape index (κ1) is 37.8. The molecular weight excluding hydrogens is 622 g/mol. The SMILES string of the molecule is C=C/C(=C\C=C/C)C(CNC(=O)C(C)CCCCNC(=O)[C@@H]1CC2=CC=CC=C(C2)CN1C(=O)CCC(=O)c1ccccc1)c1ccccc1. The molecule has 0 aromatic heterocycles. The predicted molar refractivity (Wildman–Crippen MR) is 201 cm³/mol. The number of nitrogens with one attached hydrogen (secondary N) is 2. The van der Waals surface area contributed by atoms with Gasteiger partial charge in [0.15, 0.2) is 5.78 Å². The minimum absolute atomic E-state index is 0.00133. The van der Waals surface area contributed by atoms with Crippen LogP contribution in [0.3, 0.4) is 0 Å². The van der Waals surface area contributed by atoms with Crippen molar-refractivity contribution in [3.05, 3.63) is 144 Å². The second kappa shape index (κ2) is 19.8. The number of rotatable bonds is 17.